The van der Waals surface area contributed by atoms with E-state index in [1.165, 1.54) is 11.3 Å². The van der Waals surface area contributed by atoms with Crippen molar-refractivity contribution in [1.29, 1.82) is 0 Å². The summed E-state index contributed by atoms with van der Waals surface area (Å²) in [5.74, 6) is 0.829. The van der Waals surface area contributed by atoms with Crippen molar-refractivity contribution in [1.82, 2.24) is 14.9 Å². The first-order valence-corrected chi connectivity index (χ1v) is 10.5. The van der Waals surface area contributed by atoms with Gasteiger partial charge in [-0.05, 0) is 45.8 Å². The molecule has 0 aliphatic carbocycles. The lowest BCUT2D eigenvalue weighted by Gasteiger charge is -2.12. The number of thiophene rings is 1. The fourth-order valence-electron chi connectivity index (χ4n) is 2.79. The average Bonchev–Trinajstić information content (AvgIpc) is 3.29. The molecule has 2 heterocycles. The molecule has 0 bridgehead atoms. The highest BCUT2D eigenvalue weighted by molar-refractivity contribution is 9.11. The Morgan fingerprint density at radius 1 is 1.25 bits per heavy atom. The van der Waals surface area contributed by atoms with Gasteiger partial charge in [0.25, 0.3) is 5.91 Å². The van der Waals surface area contributed by atoms with Crippen LogP contribution in [0.15, 0.2) is 52.6 Å². The smallest absolute Gasteiger partial charge is 0.261 e. The summed E-state index contributed by atoms with van der Waals surface area (Å²) >= 11 is 4.64. The first kappa shape index (κ1) is 20.3. The van der Waals surface area contributed by atoms with E-state index in [4.69, 9.17) is 0 Å². The summed E-state index contributed by atoms with van der Waals surface area (Å²) in [6.45, 7) is 4.82. The highest BCUT2D eigenvalue weighted by Gasteiger charge is 2.11. The molecule has 0 spiro atoms. The van der Waals surface area contributed by atoms with Crippen LogP contribution in [0.4, 0.5) is 5.69 Å². The van der Waals surface area contributed by atoms with Gasteiger partial charge in [-0.15, -0.1) is 11.3 Å². The predicted octanol–water partition coefficient (Wildman–Crippen LogP) is 4.25. The molecule has 0 aliphatic rings. The van der Waals surface area contributed by atoms with E-state index in [0.717, 1.165) is 15.2 Å². The molecule has 3 rings (SSSR count). The van der Waals surface area contributed by atoms with E-state index in [-0.39, 0.29) is 18.4 Å². The zero-order chi connectivity index (χ0) is 20.1. The van der Waals surface area contributed by atoms with E-state index in [9.17, 15) is 9.59 Å². The number of hydrogen-bond donors (Lipinski definition) is 2. The standard InChI is InChI=1S/C20H21BrN4O2S/c1-13(2)19-22-8-9-25(19)12-14-4-3-5-15(10-14)24-18(26)11-23-20(27)16-6-7-17(21)28-16/h3-10,13H,11-12H2,1-2H3,(H,23,27)(H,24,26). The Morgan fingerprint density at radius 2 is 2.07 bits per heavy atom. The van der Waals surface area contributed by atoms with Crippen LogP contribution in [0.5, 0.6) is 0 Å². The van der Waals surface area contributed by atoms with Crippen LogP contribution in [0.2, 0.25) is 0 Å². The number of rotatable bonds is 7. The van der Waals surface area contributed by atoms with Crippen molar-refractivity contribution in [2.24, 2.45) is 0 Å². The van der Waals surface area contributed by atoms with E-state index < -0.39 is 0 Å². The molecule has 6 nitrogen and oxygen atoms in total. The molecule has 0 saturated carbocycles. The summed E-state index contributed by atoms with van der Waals surface area (Å²) in [5.41, 5.74) is 1.76. The van der Waals surface area contributed by atoms with Crippen molar-refractivity contribution in [3.8, 4) is 0 Å². The SMILES string of the molecule is CC(C)c1nccn1Cc1cccc(NC(=O)CNC(=O)c2ccc(Br)s2)c1. The molecule has 0 atom stereocenters. The second kappa shape index (κ2) is 9.16. The van der Waals surface area contributed by atoms with Crippen LogP contribution in [0.25, 0.3) is 0 Å². The number of nitrogens with zero attached hydrogens (tertiary/aromatic N) is 2. The zero-order valence-electron chi connectivity index (χ0n) is 15.6. The minimum absolute atomic E-state index is 0.0857. The van der Waals surface area contributed by atoms with Gasteiger partial charge in [-0.3, -0.25) is 9.59 Å². The quantitative estimate of drug-likeness (QED) is 0.553. The fraction of sp³-hybridized carbons (Fsp3) is 0.250. The van der Waals surface area contributed by atoms with Gasteiger partial charge in [0.1, 0.15) is 5.82 Å². The number of imidazole rings is 1. The summed E-state index contributed by atoms with van der Waals surface area (Å²) in [5, 5.41) is 5.46. The lowest BCUT2D eigenvalue weighted by Crippen LogP contribution is -2.32. The van der Waals surface area contributed by atoms with Crippen LogP contribution >= 0.6 is 27.3 Å². The maximum Gasteiger partial charge on any atom is 0.261 e. The Morgan fingerprint density at radius 3 is 2.79 bits per heavy atom. The molecule has 3 aromatic rings. The van der Waals surface area contributed by atoms with Crippen molar-refractivity contribution in [2.75, 3.05) is 11.9 Å². The maximum atomic E-state index is 12.2. The third-order valence-corrected chi connectivity index (χ3v) is 5.66. The molecule has 2 amide bonds. The average molecular weight is 461 g/mol. The Bertz CT molecular complexity index is 980. The van der Waals surface area contributed by atoms with Gasteiger partial charge in [0.05, 0.1) is 15.2 Å². The number of anilines is 1. The molecule has 146 valence electrons. The van der Waals surface area contributed by atoms with Crippen LogP contribution in [-0.4, -0.2) is 27.9 Å². The maximum absolute atomic E-state index is 12.2. The summed E-state index contributed by atoms with van der Waals surface area (Å²) in [4.78, 5) is 29.2. The summed E-state index contributed by atoms with van der Waals surface area (Å²) in [6.07, 6.45) is 3.76. The normalized spacial score (nSPS) is 10.9. The number of amides is 2. The van der Waals surface area contributed by atoms with Gasteiger partial charge in [0.2, 0.25) is 5.91 Å². The lowest BCUT2D eigenvalue weighted by molar-refractivity contribution is -0.115. The lowest BCUT2D eigenvalue weighted by atomic mass is 10.1. The van der Waals surface area contributed by atoms with Crippen LogP contribution in [-0.2, 0) is 11.3 Å². The number of carbonyl (C=O) groups excluding carboxylic acids is 2. The molecule has 8 heteroatoms. The molecule has 0 fully saturated rings. The number of benzene rings is 1. The van der Waals surface area contributed by atoms with Crippen molar-refractivity contribution in [3.63, 3.8) is 0 Å². The fourth-order valence-corrected chi connectivity index (χ4v) is 4.09. The minimum atomic E-state index is -0.272. The van der Waals surface area contributed by atoms with Crippen molar-refractivity contribution in [3.05, 3.63) is 68.8 Å². The van der Waals surface area contributed by atoms with E-state index in [2.05, 4.69) is 50.0 Å². The number of hydrogen-bond acceptors (Lipinski definition) is 4. The summed E-state index contributed by atoms with van der Waals surface area (Å²) < 4.78 is 2.97. The third kappa shape index (κ3) is 5.30. The van der Waals surface area contributed by atoms with E-state index in [0.29, 0.717) is 23.0 Å². The Kier molecular flexibility index (Phi) is 6.64. The highest BCUT2D eigenvalue weighted by Crippen LogP contribution is 2.21. The van der Waals surface area contributed by atoms with Crippen LogP contribution in [0, 0.1) is 0 Å². The van der Waals surface area contributed by atoms with Crippen molar-refractivity contribution >= 4 is 44.8 Å². The monoisotopic (exact) mass is 460 g/mol. The van der Waals surface area contributed by atoms with Gasteiger partial charge in [-0.1, -0.05) is 26.0 Å². The summed E-state index contributed by atoms with van der Waals surface area (Å²) in [7, 11) is 0. The molecule has 0 radical (unpaired) electrons. The number of nitrogens with one attached hydrogen (secondary N) is 2. The molecular weight excluding hydrogens is 440 g/mol. The number of halogens is 1. The second-order valence-corrected chi connectivity index (χ2v) is 9.07. The predicted molar refractivity (Wildman–Crippen MR) is 115 cm³/mol. The third-order valence-electron chi connectivity index (χ3n) is 4.03. The van der Waals surface area contributed by atoms with E-state index >= 15 is 0 Å². The van der Waals surface area contributed by atoms with Gasteiger partial charge in [0, 0.05) is 30.5 Å². The summed E-state index contributed by atoms with van der Waals surface area (Å²) in [6, 6.07) is 11.2. The first-order chi connectivity index (χ1) is 13.4. The molecule has 1 aromatic carbocycles. The van der Waals surface area contributed by atoms with Gasteiger partial charge < -0.3 is 15.2 Å². The molecule has 2 N–H and O–H groups in total. The second-order valence-electron chi connectivity index (χ2n) is 6.60. The molecular formula is C20H21BrN4O2S. The number of aromatic nitrogens is 2. The van der Waals surface area contributed by atoms with E-state index in [1.54, 1.807) is 18.3 Å². The van der Waals surface area contributed by atoms with Gasteiger partial charge >= 0.3 is 0 Å². The topological polar surface area (TPSA) is 76.0 Å². The Hall–Kier alpha value is -2.45. The number of carbonyl (C=O) groups is 2. The van der Waals surface area contributed by atoms with Crippen LogP contribution < -0.4 is 10.6 Å². The molecule has 2 aromatic heterocycles. The Labute approximate surface area is 176 Å². The van der Waals surface area contributed by atoms with Crippen LogP contribution in [0.3, 0.4) is 0 Å². The zero-order valence-corrected chi connectivity index (χ0v) is 18.0. The highest BCUT2D eigenvalue weighted by atomic mass is 79.9. The largest absolute Gasteiger partial charge is 0.342 e. The minimum Gasteiger partial charge on any atom is -0.342 e. The molecule has 28 heavy (non-hydrogen) atoms. The molecule has 0 unspecified atom stereocenters. The van der Waals surface area contributed by atoms with Crippen molar-refractivity contribution < 1.29 is 9.59 Å². The van der Waals surface area contributed by atoms with Crippen molar-refractivity contribution in [2.45, 2.75) is 26.3 Å². The molecule has 0 saturated heterocycles. The Balaban J connectivity index is 1.57. The van der Waals surface area contributed by atoms with Gasteiger partial charge in [-0.25, -0.2) is 4.98 Å². The van der Waals surface area contributed by atoms with Gasteiger partial charge in [0.15, 0.2) is 0 Å². The van der Waals surface area contributed by atoms with E-state index in [1.807, 2.05) is 30.5 Å². The first-order valence-electron chi connectivity index (χ1n) is 8.85. The molecule has 0 aliphatic heterocycles. The van der Waals surface area contributed by atoms with Crippen LogP contribution in [0.1, 0.15) is 40.8 Å². The van der Waals surface area contributed by atoms with Gasteiger partial charge in [-0.2, -0.15) is 0 Å².